The van der Waals surface area contributed by atoms with Gasteiger partial charge in [-0.2, -0.15) is 0 Å². The third-order valence-electron chi connectivity index (χ3n) is 2.42. The Labute approximate surface area is 84.8 Å². The Hall–Kier alpha value is -0.860. The van der Waals surface area contributed by atoms with Gasteiger partial charge in [-0.05, 0) is 24.8 Å². The van der Waals surface area contributed by atoms with Crippen LogP contribution in [-0.2, 0) is 16.1 Å². The minimum absolute atomic E-state index is 0.0176. The number of hydrogen-bond acceptors (Lipinski definition) is 2. The molecule has 0 aliphatic carbocycles. The molecule has 0 bridgehead atoms. The third kappa shape index (κ3) is 2.82. The van der Waals surface area contributed by atoms with Crippen LogP contribution >= 0.6 is 0 Å². The predicted molar refractivity (Wildman–Crippen MR) is 54.8 cm³/mol. The minimum Gasteiger partial charge on any atom is -0.353 e. The van der Waals surface area contributed by atoms with Crippen LogP contribution in [0.15, 0.2) is 30.3 Å². The van der Waals surface area contributed by atoms with Crippen LogP contribution in [-0.4, -0.2) is 12.9 Å². The van der Waals surface area contributed by atoms with E-state index < -0.39 is 0 Å². The molecule has 0 aromatic heterocycles. The maximum absolute atomic E-state index is 5.65. The molecule has 1 aliphatic rings. The second kappa shape index (κ2) is 5.13. The highest BCUT2D eigenvalue weighted by Gasteiger charge is 2.13. The summed E-state index contributed by atoms with van der Waals surface area (Å²) in [6.45, 7) is 1.50. The first-order valence-corrected chi connectivity index (χ1v) is 5.22. The Morgan fingerprint density at radius 1 is 1.21 bits per heavy atom. The van der Waals surface area contributed by atoms with Gasteiger partial charge in [0.25, 0.3) is 0 Å². The molecule has 1 aliphatic heterocycles. The van der Waals surface area contributed by atoms with Crippen molar-refractivity contribution in [2.24, 2.45) is 0 Å². The van der Waals surface area contributed by atoms with Gasteiger partial charge in [-0.15, -0.1) is 0 Å². The molecule has 2 nitrogen and oxygen atoms in total. The van der Waals surface area contributed by atoms with Crippen molar-refractivity contribution in [2.75, 3.05) is 6.61 Å². The minimum atomic E-state index is 0.0176. The zero-order chi connectivity index (χ0) is 9.64. The number of ether oxygens (including phenoxy) is 2. The second-order valence-corrected chi connectivity index (χ2v) is 3.59. The molecule has 1 atom stereocenters. The zero-order valence-electron chi connectivity index (χ0n) is 8.32. The lowest BCUT2D eigenvalue weighted by molar-refractivity contribution is -0.168. The maximum atomic E-state index is 5.65. The summed E-state index contributed by atoms with van der Waals surface area (Å²) in [4.78, 5) is 0. The van der Waals surface area contributed by atoms with Gasteiger partial charge in [0.2, 0.25) is 0 Å². The molecule has 0 saturated carbocycles. The van der Waals surface area contributed by atoms with Gasteiger partial charge in [0.15, 0.2) is 6.29 Å². The van der Waals surface area contributed by atoms with Gasteiger partial charge in [-0.25, -0.2) is 0 Å². The largest absolute Gasteiger partial charge is 0.353 e. The smallest absolute Gasteiger partial charge is 0.158 e. The summed E-state index contributed by atoms with van der Waals surface area (Å²) < 4.78 is 11.1. The number of rotatable bonds is 3. The van der Waals surface area contributed by atoms with Crippen LogP contribution in [0, 0.1) is 0 Å². The Balaban J connectivity index is 1.76. The van der Waals surface area contributed by atoms with E-state index in [0.29, 0.717) is 6.61 Å². The molecule has 1 aromatic rings. The van der Waals surface area contributed by atoms with Crippen LogP contribution < -0.4 is 0 Å². The van der Waals surface area contributed by atoms with Crippen molar-refractivity contribution in [3.8, 4) is 0 Å². The Kier molecular flexibility index (Phi) is 3.55. The van der Waals surface area contributed by atoms with E-state index in [1.165, 1.54) is 18.4 Å². The third-order valence-corrected chi connectivity index (χ3v) is 2.42. The van der Waals surface area contributed by atoms with Crippen molar-refractivity contribution in [3.05, 3.63) is 35.9 Å². The quantitative estimate of drug-likeness (QED) is 0.733. The highest BCUT2D eigenvalue weighted by atomic mass is 16.7. The van der Waals surface area contributed by atoms with Crippen molar-refractivity contribution in [2.45, 2.75) is 32.2 Å². The normalized spacial score (nSPS) is 22.1. The summed E-state index contributed by atoms with van der Waals surface area (Å²) in [5.41, 5.74) is 1.21. The fourth-order valence-electron chi connectivity index (χ4n) is 1.61. The van der Waals surface area contributed by atoms with Gasteiger partial charge in [0, 0.05) is 6.61 Å². The molecule has 76 valence electrons. The molecule has 0 unspecified atom stereocenters. The van der Waals surface area contributed by atoms with E-state index in [0.717, 1.165) is 13.0 Å². The Bertz CT molecular complexity index is 252. The first-order valence-electron chi connectivity index (χ1n) is 5.22. The van der Waals surface area contributed by atoms with Gasteiger partial charge in [0.05, 0.1) is 6.61 Å². The standard InChI is InChI=1S/C12H16O2/c1-2-6-11(7-3-1)10-14-12-8-4-5-9-13-12/h1-3,6-7,12H,4-5,8-10H2/t12-/m1/s1. The summed E-state index contributed by atoms with van der Waals surface area (Å²) in [5.74, 6) is 0. The van der Waals surface area contributed by atoms with E-state index in [1.807, 2.05) is 18.2 Å². The Morgan fingerprint density at radius 3 is 2.79 bits per heavy atom. The lowest BCUT2D eigenvalue weighted by Gasteiger charge is -2.22. The second-order valence-electron chi connectivity index (χ2n) is 3.59. The SMILES string of the molecule is c1ccc(CO[C@@H]2CCCCO2)cc1. The van der Waals surface area contributed by atoms with Gasteiger partial charge in [-0.3, -0.25) is 0 Å². The molecule has 1 aromatic carbocycles. The van der Waals surface area contributed by atoms with E-state index in [2.05, 4.69) is 12.1 Å². The topological polar surface area (TPSA) is 18.5 Å². The van der Waals surface area contributed by atoms with Gasteiger partial charge in [0.1, 0.15) is 0 Å². The van der Waals surface area contributed by atoms with Crippen LogP contribution in [0.1, 0.15) is 24.8 Å². The summed E-state index contributed by atoms with van der Waals surface area (Å²) >= 11 is 0. The van der Waals surface area contributed by atoms with Crippen LogP contribution in [0.5, 0.6) is 0 Å². The molecule has 2 rings (SSSR count). The first-order chi connectivity index (χ1) is 6.95. The highest BCUT2D eigenvalue weighted by Crippen LogP contribution is 2.15. The van der Waals surface area contributed by atoms with Gasteiger partial charge in [-0.1, -0.05) is 30.3 Å². The summed E-state index contributed by atoms with van der Waals surface area (Å²) in [7, 11) is 0. The van der Waals surface area contributed by atoms with Crippen molar-refractivity contribution < 1.29 is 9.47 Å². The summed E-state index contributed by atoms with van der Waals surface area (Å²) in [6.07, 6.45) is 3.45. The number of hydrogen-bond donors (Lipinski definition) is 0. The van der Waals surface area contributed by atoms with E-state index in [-0.39, 0.29) is 6.29 Å². The lowest BCUT2D eigenvalue weighted by Crippen LogP contribution is -2.21. The predicted octanol–water partition coefficient (Wildman–Crippen LogP) is 2.73. The van der Waals surface area contributed by atoms with E-state index in [4.69, 9.17) is 9.47 Å². The van der Waals surface area contributed by atoms with Crippen molar-refractivity contribution >= 4 is 0 Å². The van der Waals surface area contributed by atoms with Crippen molar-refractivity contribution in [1.29, 1.82) is 0 Å². The molecule has 14 heavy (non-hydrogen) atoms. The molecule has 1 heterocycles. The average molecular weight is 192 g/mol. The Morgan fingerprint density at radius 2 is 2.07 bits per heavy atom. The van der Waals surface area contributed by atoms with Crippen LogP contribution in [0.3, 0.4) is 0 Å². The van der Waals surface area contributed by atoms with Crippen molar-refractivity contribution in [1.82, 2.24) is 0 Å². The molecule has 0 amide bonds. The van der Waals surface area contributed by atoms with Gasteiger partial charge < -0.3 is 9.47 Å². The zero-order valence-corrected chi connectivity index (χ0v) is 8.32. The molecule has 0 N–H and O–H groups in total. The molecule has 2 heteroatoms. The monoisotopic (exact) mass is 192 g/mol. The molecule has 0 spiro atoms. The number of benzene rings is 1. The molecular formula is C12H16O2. The van der Waals surface area contributed by atoms with Crippen LogP contribution in [0.2, 0.25) is 0 Å². The maximum Gasteiger partial charge on any atom is 0.158 e. The first kappa shape index (κ1) is 9.69. The van der Waals surface area contributed by atoms with Crippen molar-refractivity contribution in [3.63, 3.8) is 0 Å². The molecule has 0 radical (unpaired) electrons. The molecule has 1 fully saturated rings. The summed E-state index contributed by atoms with van der Waals surface area (Å²) in [6, 6.07) is 10.2. The van der Waals surface area contributed by atoms with E-state index in [9.17, 15) is 0 Å². The highest BCUT2D eigenvalue weighted by molar-refractivity contribution is 5.13. The van der Waals surface area contributed by atoms with E-state index in [1.54, 1.807) is 0 Å². The van der Waals surface area contributed by atoms with Gasteiger partial charge >= 0.3 is 0 Å². The average Bonchev–Trinajstić information content (AvgIpc) is 2.29. The fourth-order valence-corrected chi connectivity index (χ4v) is 1.61. The fraction of sp³-hybridized carbons (Fsp3) is 0.500. The summed E-state index contributed by atoms with van der Waals surface area (Å²) in [5, 5.41) is 0. The molecule has 1 saturated heterocycles. The molecular weight excluding hydrogens is 176 g/mol. The van der Waals surface area contributed by atoms with Crippen LogP contribution in [0.4, 0.5) is 0 Å². The van der Waals surface area contributed by atoms with E-state index >= 15 is 0 Å². The van der Waals surface area contributed by atoms with Crippen LogP contribution in [0.25, 0.3) is 0 Å². The lowest BCUT2D eigenvalue weighted by atomic mass is 10.2.